The lowest BCUT2D eigenvalue weighted by Crippen LogP contribution is -2.51. The molecule has 0 bridgehead atoms. The van der Waals surface area contributed by atoms with E-state index in [4.69, 9.17) is 9.47 Å². The topological polar surface area (TPSA) is 18.5 Å². The van der Waals surface area contributed by atoms with E-state index in [-0.39, 0.29) is 6.29 Å². The molecule has 1 aliphatic rings. The minimum atomic E-state index is -0.0142. The monoisotopic (exact) mass is 216 g/mol. The first-order valence-corrected chi connectivity index (χ1v) is 6.26. The minimum Gasteiger partial charge on any atom is -0.351 e. The molecule has 3 heteroatoms. The molecule has 1 unspecified atom stereocenters. The first-order chi connectivity index (χ1) is 7.26. The van der Waals surface area contributed by atoms with Crippen LogP contribution in [0.15, 0.2) is 0 Å². The highest BCUT2D eigenvalue weighted by molar-refractivity contribution is 4.57. The van der Waals surface area contributed by atoms with Gasteiger partial charge in [-0.05, 0) is 13.3 Å². The molecule has 0 radical (unpaired) electrons. The largest absolute Gasteiger partial charge is 0.351 e. The van der Waals surface area contributed by atoms with Crippen molar-refractivity contribution in [2.45, 2.75) is 39.4 Å². The number of likely N-dealkylation sites (tertiary alicyclic amines) is 1. The van der Waals surface area contributed by atoms with Crippen molar-refractivity contribution in [1.29, 1.82) is 0 Å². The molecular weight excluding hydrogens is 190 g/mol. The van der Waals surface area contributed by atoms with Gasteiger partial charge in [-0.1, -0.05) is 6.92 Å². The molecule has 1 atom stereocenters. The highest BCUT2D eigenvalue weighted by Crippen LogP contribution is 2.21. The highest BCUT2D eigenvalue weighted by atomic mass is 16.7. The van der Waals surface area contributed by atoms with Gasteiger partial charge in [0.1, 0.15) is 6.54 Å². The number of nitrogens with zero attached hydrogens (tertiary/aromatic N) is 1. The Hall–Kier alpha value is -0.120. The molecule has 0 saturated carbocycles. The zero-order chi connectivity index (χ0) is 11.1. The van der Waals surface area contributed by atoms with Crippen molar-refractivity contribution in [2.24, 2.45) is 0 Å². The van der Waals surface area contributed by atoms with Gasteiger partial charge in [-0.15, -0.1) is 0 Å². The molecule has 1 saturated heterocycles. The van der Waals surface area contributed by atoms with E-state index in [0.717, 1.165) is 13.2 Å². The first kappa shape index (κ1) is 12.9. The predicted octanol–water partition coefficient (Wildman–Crippen LogP) is 2.02. The summed E-state index contributed by atoms with van der Waals surface area (Å²) in [4.78, 5) is 0. The smallest absolute Gasteiger partial charge is 0.207 e. The number of hydrogen-bond donors (Lipinski definition) is 0. The highest BCUT2D eigenvalue weighted by Gasteiger charge is 2.34. The van der Waals surface area contributed by atoms with Gasteiger partial charge >= 0.3 is 0 Å². The van der Waals surface area contributed by atoms with Crippen LogP contribution >= 0.6 is 0 Å². The molecular formula is C12H26NO2+. The normalized spacial score (nSPS) is 21.8. The van der Waals surface area contributed by atoms with Crippen molar-refractivity contribution in [3.05, 3.63) is 0 Å². The maximum atomic E-state index is 5.59. The number of methoxy groups -OCH3 is 1. The summed E-state index contributed by atoms with van der Waals surface area (Å²) in [5, 5.41) is 0. The molecule has 1 rings (SSSR count). The van der Waals surface area contributed by atoms with Crippen LogP contribution in [0.3, 0.4) is 0 Å². The van der Waals surface area contributed by atoms with Gasteiger partial charge < -0.3 is 14.0 Å². The molecule has 0 aromatic heterocycles. The Morgan fingerprint density at radius 2 is 1.87 bits per heavy atom. The van der Waals surface area contributed by atoms with Crippen molar-refractivity contribution >= 4 is 0 Å². The molecule has 3 nitrogen and oxygen atoms in total. The van der Waals surface area contributed by atoms with Crippen LogP contribution < -0.4 is 0 Å². The van der Waals surface area contributed by atoms with Crippen molar-refractivity contribution in [3.8, 4) is 0 Å². The van der Waals surface area contributed by atoms with Gasteiger partial charge in [0, 0.05) is 26.6 Å². The standard InChI is InChI=1S/C12H26NO2/c1-4-8-13(9-6-7-10-13)11-12(14-3)15-5-2/h12H,4-11H2,1-3H3/q+1. The fourth-order valence-corrected chi connectivity index (χ4v) is 2.68. The fourth-order valence-electron chi connectivity index (χ4n) is 2.68. The van der Waals surface area contributed by atoms with Crippen LogP contribution in [-0.4, -0.2) is 50.7 Å². The second kappa shape index (κ2) is 6.46. The molecule has 0 spiro atoms. The second-order valence-corrected chi connectivity index (χ2v) is 4.52. The number of quaternary nitrogens is 1. The Labute approximate surface area is 93.9 Å². The van der Waals surface area contributed by atoms with Crippen LogP contribution in [0.5, 0.6) is 0 Å². The molecule has 15 heavy (non-hydrogen) atoms. The van der Waals surface area contributed by atoms with Crippen LogP contribution in [0, 0.1) is 0 Å². The third-order valence-electron chi connectivity index (χ3n) is 3.36. The number of hydrogen-bond acceptors (Lipinski definition) is 2. The average Bonchev–Trinajstić information content (AvgIpc) is 2.67. The van der Waals surface area contributed by atoms with Crippen molar-refractivity contribution in [3.63, 3.8) is 0 Å². The third kappa shape index (κ3) is 3.74. The van der Waals surface area contributed by atoms with Crippen LogP contribution in [0.4, 0.5) is 0 Å². The molecule has 1 fully saturated rings. The van der Waals surface area contributed by atoms with Crippen molar-refractivity contribution in [1.82, 2.24) is 0 Å². The second-order valence-electron chi connectivity index (χ2n) is 4.52. The van der Waals surface area contributed by atoms with Gasteiger partial charge in [-0.25, -0.2) is 0 Å². The summed E-state index contributed by atoms with van der Waals surface area (Å²) in [6, 6.07) is 0. The van der Waals surface area contributed by atoms with E-state index in [1.807, 2.05) is 6.92 Å². The SMILES string of the molecule is CCC[N+]1(CC(OC)OCC)CCCC1. The van der Waals surface area contributed by atoms with E-state index in [1.54, 1.807) is 7.11 Å². The van der Waals surface area contributed by atoms with E-state index in [0.29, 0.717) is 0 Å². The van der Waals surface area contributed by atoms with Gasteiger partial charge in [0.15, 0.2) is 0 Å². The van der Waals surface area contributed by atoms with Crippen LogP contribution in [0.1, 0.15) is 33.1 Å². The van der Waals surface area contributed by atoms with E-state index in [9.17, 15) is 0 Å². The Balaban J connectivity index is 2.48. The van der Waals surface area contributed by atoms with Gasteiger partial charge in [-0.3, -0.25) is 0 Å². The van der Waals surface area contributed by atoms with Crippen LogP contribution in [0.25, 0.3) is 0 Å². The van der Waals surface area contributed by atoms with E-state index < -0.39 is 0 Å². The Morgan fingerprint density at radius 1 is 1.20 bits per heavy atom. The molecule has 1 heterocycles. The quantitative estimate of drug-likeness (QED) is 0.479. The number of rotatable bonds is 7. The lowest BCUT2D eigenvalue weighted by molar-refractivity contribution is -0.922. The summed E-state index contributed by atoms with van der Waals surface area (Å²) in [5.74, 6) is 0. The summed E-state index contributed by atoms with van der Waals surface area (Å²) >= 11 is 0. The molecule has 0 aromatic carbocycles. The Morgan fingerprint density at radius 3 is 2.33 bits per heavy atom. The molecule has 1 aliphatic heterocycles. The molecule has 0 aromatic rings. The molecule has 90 valence electrons. The van der Waals surface area contributed by atoms with Gasteiger partial charge in [-0.2, -0.15) is 0 Å². The summed E-state index contributed by atoms with van der Waals surface area (Å²) in [6.07, 6.45) is 3.97. The third-order valence-corrected chi connectivity index (χ3v) is 3.36. The summed E-state index contributed by atoms with van der Waals surface area (Å²) < 4.78 is 12.2. The number of ether oxygens (including phenoxy) is 2. The van der Waals surface area contributed by atoms with Gasteiger partial charge in [0.05, 0.1) is 19.6 Å². The van der Waals surface area contributed by atoms with Crippen LogP contribution in [0.2, 0.25) is 0 Å². The van der Waals surface area contributed by atoms with E-state index >= 15 is 0 Å². The lowest BCUT2D eigenvalue weighted by Gasteiger charge is -2.36. The van der Waals surface area contributed by atoms with E-state index in [1.165, 1.54) is 43.4 Å². The van der Waals surface area contributed by atoms with E-state index in [2.05, 4.69) is 6.92 Å². The first-order valence-electron chi connectivity index (χ1n) is 6.26. The van der Waals surface area contributed by atoms with Crippen molar-refractivity contribution in [2.75, 3.05) is 39.9 Å². The summed E-state index contributed by atoms with van der Waals surface area (Å²) in [7, 11) is 1.75. The zero-order valence-corrected chi connectivity index (χ0v) is 10.5. The van der Waals surface area contributed by atoms with Gasteiger partial charge in [0.25, 0.3) is 0 Å². The van der Waals surface area contributed by atoms with Crippen molar-refractivity contribution < 1.29 is 14.0 Å². The molecule has 0 N–H and O–H groups in total. The minimum absolute atomic E-state index is 0.0142. The lowest BCUT2D eigenvalue weighted by atomic mass is 10.3. The summed E-state index contributed by atoms with van der Waals surface area (Å²) in [6.45, 7) is 9.94. The van der Waals surface area contributed by atoms with Crippen LogP contribution in [-0.2, 0) is 9.47 Å². The Bertz CT molecular complexity index is 167. The molecule has 0 amide bonds. The van der Waals surface area contributed by atoms with Gasteiger partial charge in [0.2, 0.25) is 6.29 Å². The molecule has 0 aliphatic carbocycles. The predicted molar refractivity (Wildman–Crippen MR) is 61.7 cm³/mol. The Kier molecular flexibility index (Phi) is 5.58. The zero-order valence-electron chi connectivity index (χ0n) is 10.5. The average molecular weight is 216 g/mol. The maximum Gasteiger partial charge on any atom is 0.207 e. The fraction of sp³-hybridized carbons (Fsp3) is 1.00. The maximum absolute atomic E-state index is 5.59. The summed E-state index contributed by atoms with van der Waals surface area (Å²) in [5.41, 5.74) is 0.